The van der Waals surface area contributed by atoms with Gasteiger partial charge in [-0.2, -0.15) is 9.61 Å². The SMILES string of the molecule is Cc1cc(NC2(C(=O)O)CCOCC2)n2ncnc2c1. The summed E-state index contributed by atoms with van der Waals surface area (Å²) in [4.78, 5) is 15.8. The predicted octanol–water partition coefficient (Wildman–Crippen LogP) is 1.08. The summed E-state index contributed by atoms with van der Waals surface area (Å²) >= 11 is 0. The Morgan fingerprint density at radius 1 is 1.45 bits per heavy atom. The zero-order chi connectivity index (χ0) is 14.2. The lowest BCUT2D eigenvalue weighted by Crippen LogP contribution is -2.50. The van der Waals surface area contributed by atoms with E-state index in [1.165, 1.54) is 6.33 Å². The topological polar surface area (TPSA) is 88.8 Å². The van der Waals surface area contributed by atoms with Crippen LogP contribution in [0.4, 0.5) is 5.82 Å². The van der Waals surface area contributed by atoms with Gasteiger partial charge in [0.2, 0.25) is 0 Å². The number of pyridine rings is 1. The number of carboxylic acid groups (broad SMARTS) is 1. The molecule has 0 saturated carbocycles. The summed E-state index contributed by atoms with van der Waals surface area (Å²) in [7, 11) is 0. The molecule has 0 radical (unpaired) electrons. The molecule has 0 aliphatic carbocycles. The van der Waals surface area contributed by atoms with Crippen LogP contribution in [0.25, 0.3) is 5.65 Å². The number of nitrogens with zero attached hydrogens (tertiary/aromatic N) is 3. The fraction of sp³-hybridized carbons (Fsp3) is 0.462. The fourth-order valence-electron chi connectivity index (χ4n) is 2.50. The Morgan fingerprint density at radius 2 is 2.20 bits per heavy atom. The molecule has 1 fully saturated rings. The molecule has 0 spiro atoms. The van der Waals surface area contributed by atoms with Gasteiger partial charge in [0.15, 0.2) is 5.65 Å². The van der Waals surface area contributed by atoms with Gasteiger partial charge in [-0.15, -0.1) is 0 Å². The van der Waals surface area contributed by atoms with Crippen molar-refractivity contribution >= 4 is 17.4 Å². The van der Waals surface area contributed by atoms with E-state index in [4.69, 9.17) is 4.74 Å². The van der Waals surface area contributed by atoms with Gasteiger partial charge < -0.3 is 15.2 Å². The molecule has 0 atom stereocenters. The van der Waals surface area contributed by atoms with Gasteiger partial charge in [-0.3, -0.25) is 0 Å². The molecule has 1 aliphatic heterocycles. The smallest absolute Gasteiger partial charge is 0.329 e. The Hall–Kier alpha value is -2.15. The monoisotopic (exact) mass is 276 g/mol. The number of nitrogens with one attached hydrogen (secondary N) is 1. The zero-order valence-electron chi connectivity index (χ0n) is 11.2. The number of hydrogen-bond acceptors (Lipinski definition) is 5. The van der Waals surface area contributed by atoms with Crippen LogP contribution < -0.4 is 5.32 Å². The molecule has 20 heavy (non-hydrogen) atoms. The van der Waals surface area contributed by atoms with Crippen LogP contribution >= 0.6 is 0 Å². The van der Waals surface area contributed by atoms with Crippen molar-refractivity contribution in [1.29, 1.82) is 0 Å². The molecular formula is C13H16N4O3. The van der Waals surface area contributed by atoms with E-state index in [1.807, 2.05) is 19.1 Å². The highest BCUT2D eigenvalue weighted by Gasteiger charge is 2.40. The molecule has 0 bridgehead atoms. The normalized spacial score (nSPS) is 18.1. The third kappa shape index (κ3) is 2.09. The number of ether oxygens (including phenoxy) is 1. The molecule has 3 heterocycles. The summed E-state index contributed by atoms with van der Waals surface area (Å²) in [6, 6.07) is 3.78. The van der Waals surface area contributed by atoms with Crippen LogP contribution in [0.3, 0.4) is 0 Å². The molecule has 7 nitrogen and oxygen atoms in total. The Labute approximate surface area is 115 Å². The molecule has 0 aromatic carbocycles. The van der Waals surface area contributed by atoms with E-state index in [2.05, 4.69) is 15.4 Å². The molecule has 106 valence electrons. The molecule has 7 heteroatoms. The van der Waals surface area contributed by atoms with Gasteiger partial charge in [-0.1, -0.05) is 0 Å². The van der Waals surface area contributed by atoms with E-state index in [0.717, 1.165) is 5.56 Å². The summed E-state index contributed by atoms with van der Waals surface area (Å²) in [6.07, 6.45) is 2.30. The van der Waals surface area contributed by atoms with Crippen LogP contribution in [0.2, 0.25) is 0 Å². The second-order valence-electron chi connectivity index (χ2n) is 5.07. The van der Waals surface area contributed by atoms with Crippen molar-refractivity contribution in [2.24, 2.45) is 0 Å². The Morgan fingerprint density at radius 3 is 2.90 bits per heavy atom. The van der Waals surface area contributed by atoms with Gasteiger partial charge >= 0.3 is 5.97 Å². The predicted molar refractivity (Wildman–Crippen MR) is 71.8 cm³/mol. The van der Waals surface area contributed by atoms with E-state index in [9.17, 15) is 9.90 Å². The van der Waals surface area contributed by atoms with E-state index < -0.39 is 11.5 Å². The van der Waals surface area contributed by atoms with Crippen LogP contribution in [0.1, 0.15) is 18.4 Å². The third-order valence-electron chi connectivity index (χ3n) is 3.65. The highest BCUT2D eigenvalue weighted by molar-refractivity contribution is 5.82. The Balaban J connectivity index is 2.02. The number of rotatable bonds is 3. The number of aromatic nitrogens is 3. The van der Waals surface area contributed by atoms with E-state index >= 15 is 0 Å². The van der Waals surface area contributed by atoms with Crippen molar-refractivity contribution < 1.29 is 14.6 Å². The molecule has 2 N–H and O–H groups in total. The van der Waals surface area contributed by atoms with Gasteiger partial charge in [-0.25, -0.2) is 9.78 Å². The molecule has 2 aromatic rings. The first kappa shape index (κ1) is 12.9. The quantitative estimate of drug-likeness (QED) is 0.872. The fourth-order valence-corrected chi connectivity index (χ4v) is 2.50. The minimum absolute atomic E-state index is 0.423. The average Bonchev–Trinajstić information content (AvgIpc) is 2.88. The van der Waals surface area contributed by atoms with Gasteiger partial charge in [-0.05, 0) is 24.6 Å². The Bertz CT molecular complexity index is 646. The molecule has 0 unspecified atom stereocenters. The average molecular weight is 276 g/mol. The van der Waals surface area contributed by atoms with Crippen molar-refractivity contribution in [2.45, 2.75) is 25.3 Å². The maximum atomic E-state index is 11.7. The lowest BCUT2D eigenvalue weighted by atomic mass is 9.90. The number of anilines is 1. The number of carbonyl (C=O) groups is 1. The molecule has 2 aromatic heterocycles. The Kier molecular flexibility index (Phi) is 3.06. The van der Waals surface area contributed by atoms with E-state index in [-0.39, 0.29) is 0 Å². The summed E-state index contributed by atoms with van der Waals surface area (Å²) in [5, 5.41) is 16.9. The maximum absolute atomic E-state index is 11.7. The van der Waals surface area contributed by atoms with E-state index in [1.54, 1.807) is 4.52 Å². The molecule has 0 amide bonds. The molecule has 3 rings (SSSR count). The molecular weight excluding hydrogens is 260 g/mol. The molecule has 1 aliphatic rings. The highest BCUT2D eigenvalue weighted by atomic mass is 16.5. The third-order valence-corrected chi connectivity index (χ3v) is 3.65. The second-order valence-corrected chi connectivity index (χ2v) is 5.07. The first-order valence-electron chi connectivity index (χ1n) is 6.50. The van der Waals surface area contributed by atoms with Crippen LogP contribution in [0.5, 0.6) is 0 Å². The van der Waals surface area contributed by atoms with Gasteiger partial charge in [0.25, 0.3) is 0 Å². The lowest BCUT2D eigenvalue weighted by Gasteiger charge is -2.34. The van der Waals surface area contributed by atoms with Crippen molar-refractivity contribution in [3.63, 3.8) is 0 Å². The summed E-state index contributed by atoms with van der Waals surface area (Å²) < 4.78 is 6.89. The number of carboxylic acids is 1. The lowest BCUT2D eigenvalue weighted by molar-refractivity contribution is -0.145. The highest BCUT2D eigenvalue weighted by Crippen LogP contribution is 2.27. The second kappa shape index (κ2) is 4.75. The van der Waals surface area contributed by atoms with Crippen molar-refractivity contribution in [3.05, 3.63) is 24.0 Å². The first-order valence-corrected chi connectivity index (χ1v) is 6.50. The number of hydrogen-bond donors (Lipinski definition) is 2. The maximum Gasteiger partial charge on any atom is 0.329 e. The van der Waals surface area contributed by atoms with Crippen LogP contribution in [0.15, 0.2) is 18.5 Å². The summed E-state index contributed by atoms with van der Waals surface area (Å²) in [6.45, 7) is 2.81. The summed E-state index contributed by atoms with van der Waals surface area (Å²) in [5.41, 5.74) is 0.686. The number of aryl methyl sites for hydroxylation is 1. The zero-order valence-corrected chi connectivity index (χ0v) is 11.2. The minimum Gasteiger partial charge on any atom is -0.480 e. The number of aliphatic carboxylic acids is 1. The van der Waals surface area contributed by atoms with E-state index in [0.29, 0.717) is 37.5 Å². The van der Waals surface area contributed by atoms with Gasteiger partial charge in [0, 0.05) is 26.1 Å². The van der Waals surface area contributed by atoms with Gasteiger partial charge in [0.05, 0.1) is 0 Å². The van der Waals surface area contributed by atoms with Crippen molar-refractivity contribution in [2.75, 3.05) is 18.5 Å². The van der Waals surface area contributed by atoms with Crippen molar-refractivity contribution in [3.8, 4) is 0 Å². The number of fused-ring (bicyclic) bond motifs is 1. The largest absolute Gasteiger partial charge is 0.480 e. The molecule has 1 saturated heterocycles. The van der Waals surface area contributed by atoms with Crippen molar-refractivity contribution in [1.82, 2.24) is 14.6 Å². The van der Waals surface area contributed by atoms with Gasteiger partial charge in [0.1, 0.15) is 17.7 Å². The first-order chi connectivity index (χ1) is 9.61. The summed E-state index contributed by atoms with van der Waals surface area (Å²) in [5.74, 6) is -0.225. The standard InChI is InChI=1S/C13H16N4O3/c1-9-6-10-14-8-15-17(10)11(7-9)16-13(12(18)19)2-4-20-5-3-13/h6-8,16H,2-5H2,1H3,(H,18,19). The van der Waals surface area contributed by atoms with Crippen LogP contribution in [-0.2, 0) is 9.53 Å². The van der Waals surface area contributed by atoms with Crippen LogP contribution in [-0.4, -0.2) is 44.4 Å². The minimum atomic E-state index is -1.01. The van der Waals surface area contributed by atoms with Crippen LogP contribution in [0, 0.1) is 6.92 Å².